The maximum atomic E-state index is 15.7. The Balaban J connectivity index is 0.922. The molecule has 1 atom stereocenters. The second-order valence-corrected chi connectivity index (χ2v) is 13.4. The fourth-order valence-electron chi connectivity index (χ4n) is 7.72. The summed E-state index contributed by atoms with van der Waals surface area (Å²) in [7, 11) is 3.24. The van der Waals surface area contributed by atoms with Gasteiger partial charge < -0.3 is 19.5 Å². The molecule has 2 aromatic heterocycles. The van der Waals surface area contributed by atoms with Crippen molar-refractivity contribution in [3.63, 3.8) is 0 Å². The summed E-state index contributed by atoms with van der Waals surface area (Å²) >= 11 is 0. The average molecular weight is 656 g/mol. The molecule has 3 N–H and O–H groups in total. The molecule has 4 aromatic rings. The standard InChI is InChI=1S/C36H42FN7O4/c1-42-20-28(27-19-38-41-34(27)36(42)47)24-17-30(37)29(32(18-24)48-2)21-43-13-9-22(10-14-43)23-11-15-44(16-12-23)26-5-3-25(4-6-26)39-31-7-8-33(45)40-35(31)46/h3-6,17-20,22-23,31,39H,7-16,21H2,1-2H3,(H,38,41)(H,40,45,46). The summed E-state index contributed by atoms with van der Waals surface area (Å²) in [5.41, 5.74) is 4.18. The number of imide groups is 1. The highest BCUT2D eigenvalue weighted by atomic mass is 19.1. The van der Waals surface area contributed by atoms with Gasteiger partial charge in [0.15, 0.2) is 0 Å². The number of nitrogens with one attached hydrogen (secondary N) is 3. The van der Waals surface area contributed by atoms with Crippen LogP contribution in [0.1, 0.15) is 44.1 Å². The second kappa shape index (κ2) is 13.4. The minimum absolute atomic E-state index is 0.183. The summed E-state index contributed by atoms with van der Waals surface area (Å²) in [6, 6.07) is 11.2. The minimum Gasteiger partial charge on any atom is -0.496 e. The van der Waals surface area contributed by atoms with Crippen molar-refractivity contribution in [2.24, 2.45) is 18.9 Å². The van der Waals surface area contributed by atoms with E-state index in [1.165, 1.54) is 16.3 Å². The van der Waals surface area contributed by atoms with Crippen molar-refractivity contribution >= 4 is 34.1 Å². The van der Waals surface area contributed by atoms with Gasteiger partial charge in [-0.1, -0.05) is 0 Å². The third-order valence-electron chi connectivity index (χ3n) is 10.5. The van der Waals surface area contributed by atoms with Crippen molar-refractivity contribution in [2.75, 3.05) is 43.5 Å². The van der Waals surface area contributed by atoms with Crippen LogP contribution in [0, 0.1) is 17.7 Å². The molecule has 2 aromatic carbocycles. The highest BCUT2D eigenvalue weighted by Crippen LogP contribution is 2.37. The molecule has 11 nitrogen and oxygen atoms in total. The van der Waals surface area contributed by atoms with Gasteiger partial charge in [0.1, 0.15) is 23.1 Å². The van der Waals surface area contributed by atoms with Gasteiger partial charge in [-0.2, -0.15) is 5.10 Å². The number of halogens is 1. The van der Waals surface area contributed by atoms with E-state index in [2.05, 4.69) is 42.8 Å². The number of methoxy groups -OCH3 is 1. The van der Waals surface area contributed by atoms with Gasteiger partial charge in [-0.25, -0.2) is 4.39 Å². The molecule has 0 radical (unpaired) electrons. The number of carbonyl (C=O) groups excluding carboxylic acids is 2. The highest BCUT2D eigenvalue weighted by Gasteiger charge is 2.31. The molecule has 3 saturated heterocycles. The molecule has 7 rings (SSSR count). The fraction of sp³-hybridized carbons (Fsp3) is 0.444. The van der Waals surface area contributed by atoms with Crippen molar-refractivity contribution in [2.45, 2.75) is 51.1 Å². The normalized spacial score (nSPS) is 19.9. The predicted octanol–water partition coefficient (Wildman–Crippen LogP) is 4.42. The third kappa shape index (κ3) is 6.41. The van der Waals surface area contributed by atoms with Gasteiger partial charge in [0, 0.05) is 67.2 Å². The number of aryl methyl sites for hydroxylation is 1. The topological polar surface area (TPSA) is 125 Å². The van der Waals surface area contributed by atoms with E-state index in [1.807, 2.05) is 18.2 Å². The lowest BCUT2D eigenvalue weighted by Gasteiger charge is -2.41. The number of aromatic amines is 1. The zero-order chi connectivity index (χ0) is 33.4. The number of H-pyrrole nitrogens is 1. The molecule has 252 valence electrons. The Morgan fingerprint density at radius 3 is 2.38 bits per heavy atom. The summed E-state index contributed by atoms with van der Waals surface area (Å²) in [6.45, 7) is 4.37. The van der Waals surface area contributed by atoms with Crippen molar-refractivity contribution in [3.05, 3.63) is 70.5 Å². The first-order valence-corrected chi connectivity index (χ1v) is 16.8. The number of piperidine rings is 3. The number of fused-ring (bicyclic) bond motifs is 1. The average Bonchev–Trinajstić information content (AvgIpc) is 3.60. The predicted molar refractivity (Wildman–Crippen MR) is 182 cm³/mol. The first kappa shape index (κ1) is 31.9. The number of likely N-dealkylation sites (tertiary alicyclic amines) is 1. The highest BCUT2D eigenvalue weighted by molar-refractivity contribution is 6.01. The van der Waals surface area contributed by atoms with E-state index in [4.69, 9.17) is 4.74 Å². The number of rotatable bonds is 8. The van der Waals surface area contributed by atoms with E-state index in [0.29, 0.717) is 59.0 Å². The van der Waals surface area contributed by atoms with Crippen LogP contribution in [-0.4, -0.2) is 70.8 Å². The molecule has 2 amide bonds. The van der Waals surface area contributed by atoms with E-state index in [0.717, 1.165) is 63.1 Å². The number of anilines is 2. The van der Waals surface area contributed by atoms with Crippen molar-refractivity contribution in [1.82, 2.24) is 25.0 Å². The fourth-order valence-corrected chi connectivity index (χ4v) is 7.72. The Morgan fingerprint density at radius 1 is 0.979 bits per heavy atom. The van der Waals surface area contributed by atoms with Gasteiger partial charge >= 0.3 is 0 Å². The van der Waals surface area contributed by atoms with Gasteiger partial charge in [0.25, 0.3) is 5.56 Å². The number of aromatic nitrogens is 3. The van der Waals surface area contributed by atoms with Crippen LogP contribution in [0.3, 0.4) is 0 Å². The molecule has 0 spiro atoms. The molecule has 0 aliphatic carbocycles. The van der Waals surface area contributed by atoms with Gasteiger partial charge in [-0.15, -0.1) is 0 Å². The molecule has 3 aliphatic rings. The Kier molecular flexibility index (Phi) is 8.91. The number of benzene rings is 2. The molecule has 0 saturated carbocycles. The number of nitrogens with zero attached hydrogens (tertiary/aromatic N) is 4. The van der Waals surface area contributed by atoms with E-state index in [1.54, 1.807) is 26.6 Å². The second-order valence-electron chi connectivity index (χ2n) is 13.4. The summed E-state index contributed by atoms with van der Waals surface area (Å²) in [5.74, 6) is 1.07. The lowest BCUT2D eigenvalue weighted by molar-refractivity contribution is -0.133. The number of ether oxygens (including phenoxy) is 1. The van der Waals surface area contributed by atoms with Crippen molar-refractivity contribution in [3.8, 4) is 16.9 Å². The molecule has 3 fully saturated rings. The van der Waals surface area contributed by atoms with Crippen molar-refractivity contribution < 1.29 is 18.7 Å². The van der Waals surface area contributed by atoms with Crippen LogP contribution in [0.4, 0.5) is 15.8 Å². The Labute approximate surface area is 278 Å². The van der Waals surface area contributed by atoms with Gasteiger partial charge in [0.2, 0.25) is 11.8 Å². The van der Waals surface area contributed by atoms with Crippen LogP contribution in [-0.2, 0) is 23.2 Å². The smallest absolute Gasteiger partial charge is 0.276 e. The summed E-state index contributed by atoms with van der Waals surface area (Å²) in [4.78, 5) is 40.8. The molecular weight excluding hydrogens is 613 g/mol. The van der Waals surface area contributed by atoms with Crippen LogP contribution in [0.2, 0.25) is 0 Å². The minimum atomic E-state index is -0.384. The molecular formula is C36H42FN7O4. The van der Waals surface area contributed by atoms with Gasteiger partial charge in [0.05, 0.1) is 13.3 Å². The summed E-state index contributed by atoms with van der Waals surface area (Å²) in [6.07, 6.45) is 8.68. The number of hydrogen-bond acceptors (Lipinski definition) is 8. The Hall–Kier alpha value is -4.71. The summed E-state index contributed by atoms with van der Waals surface area (Å²) < 4.78 is 22.9. The lowest BCUT2D eigenvalue weighted by atomic mass is 9.78. The SMILES string of the molecule is COc1cc(-c2cn(C)c(=O)c3[nH]ncc23)cc(F)c1CN1CCC(C2CCN(c3ccc(NC4CCC(=O)NC4=O)cc3)CC2)CC1. The number of amides is 2. The first-order chi connectivity index (χ1) is 23.3. The van der Waals surface area contributed by atoms with E-state index < -0.39 is 0 Å². The third-order valence-corrected chi connectivity index (χ3v) is 10.5. The molecule has 3 aliphatic heterocycles. The van der Waals surface area contributed by atoms with Crippen molar-refractivity contribution in [1.29, 1.82) is 0 Å². The molecule has 0 bridgehead atoms. The van der Waals surface area contributed by atoms with Crippen LogP contribution in [0.15, 0.2) is 53.6 Å². The van der Waals surface area contributed by atoms with E-state index in [-0.39, 0.29) is 29.2 Å². The van der Waals surface area contributed by atoms with Gasteiger partial charge in [-0.05, 0) is 99.0 Å². The van der Waals surface area contributed by atoms with Gasteiger partial charge in [-0.3, -0.25) is 29.7 Å². The zero-order valence-corrected chi connectivity index (χ0v) is 27.4. The lowest BCUT2D eigenvalue weighted by Crippen LogP contribution is -2.47. The molecule has 5 heterocycles. The molecule has 12 heteroatoms. The summed E-state index contributed by atoms with van der Waals surface area (Å²) in [5, 5.41) is 13.1. The largest absolute Gasteiger partial charge is 0.496 e. The van der Waals surface area contributed by atoms with Crippen LogP contribution >= 0.6 is 0 Å². The quantitative estimate of drug-likeness (QED) is 0.239. The maximum Gasteiger partial charge on any atom is 0.276 e. The Bertz CT molecular complexity index is 1870. The van der Waals surface area contributed by atoms with Crippen LogP contribution in [0.5, 0.6) is 5.75 Å². The first-order valence-electron chi connectivity index (χ1n) is 16.8. The number of pyridine rings is 1. The van der Waals surface area contributed by atoms with E-state index in [9.17, 15) is 14.4 Å². The number of carbonyl (C=O) groups is 2. The van der Waals surface area contributed by atoms with Crippen LogP contribution < -0.4 is 25.8 Å². The van der Waals surface area contributed by atoms with Crippen LogP contribution in [0.25, 0.3) is 22.0 Å². The Morgan fingerprint density at radius 2 is 1.69 bits per heavy atom. The monoisotopic (exact) mass is 655 g/mol. The zero-order valence-electron chi connectivity index (χ0n) is 27.4. The number of hydrogen-bond donors (Lipinski definition) is 3. The maximum absolute atomic E-state index is 15.7. The molecule has 1 unspecified atom stereocenters. The van der Waals surface area contributed by atoms with E-state index >= 15 is 4.39 Å². The molecule has 48 heavy (non-hydrogen) atoms.